The van der Waals surface area contributed by atoms with E-state index in [2.05, 4.69) is 5.10 Å². The number of benzene rings is 3. The number of para-hydroxylation sites is 1. The van der Waals surface area contributed by atoms with Crippen LogP contribution in [0.5, 0.6) is 11.5 Å². The molecule has 9 heteroatoms. The van der Waals surface area contributed by atoms with Crippen LogP contribution in [0.4, 0.5) is 15.9 Å². The Balaban J connectivity index is 1.55. The Labute approximate surface area is 232 Å². The molecule has 0 saturated carbocycles. The fourth-order valence-electron chi connectivity index (χ4n) is 4.20. The second-order valence-electron chi connectivity index (χ2n) is 9.52. The first-order valence-electron chi connectivity index (χ1n) is 12.5. The maximum atomic E-state index is 14.0. The van der Waals surface area contributed by atoms with Crippen molar-refractivity contribution in [2.24, 2.45) is 0 Å². The largest absolute Gasteiger partial charge is 0.454 e. The van der Waals surface area contributed by atoms with E-state index in [1.54, 1.807) is 48.5 Å². The summed E-state index contributed by atoms with van der Waals surface area (Å²) in [6, 6.07) is 15.1. The molecule has 0 aliphatic heterocycles. The van der Waals surface area contributed by atoms with Crippen molar-refractivity contribution in [3.8, 4) is 17.2 Å². The summed E-state index contributed by atoms with van der Waals surface area (Å²) in [5, 5.41) is 12.1. The first-order valence-corrected chi connectivity index (χ1v) is 12.5. The number of carbonyl (C=O) groups excluding carboxylic acids is 1. The van der Waals surface area contributed by atoms with Crippen LogP contribution in [0.15, 0.2) is 73.1 Å². The molecule has 0 aliphatic rings. The highest BCUT2D eigenvalue weighted by Crippen LogP contribution is 2.30. The number of allylic oxidation sites excluding steroid dienone is 2. The summed E-state index contributed by atoms with van der Waals surface area (Å²) in [6.07, 6.45) is 7.60. The van der Waals surface area contributed by atoms with Gasteiger partial charge in [0.25, 0.3) is 0 Å². The number of ketones is 1. The predicted molar refractivity (Wildman–Crippen MR) is 159 cm³/mol. The number of nitrogen functional groups attached to an aromatic ring is 2. The lowest BCUT2D eigenvalue weighted by atomic mass is 9.97. The van der Waals surface area contributed by atoms with Gasteiger partial charge >= 0.3 is 0 Å². The molecule has 0 saturated heterocycles. The Hall–Kier alpha value is -5.18. The smallest absolute Gasteiger partial charge is 0.191 e. The van der Waals surface area contributed by atoms with Crippen molar-refractivity contribution in [3.05, 3.63) is 107 Å². The van der Waals surface area contributed by atoms with Gasteiger partial charge in [0, 0.05) is 37.8 Å². The van der Waals surface area contributed by atoms with Crippen LogP contribution in [0, 0.1) is 25.1 Å². The van der Waals surface area contributed by atoms with Crippen LogP contribution in [0.25, 0.3) is 17.3 Å². The van der Waals surface area contributed by atoms with Gasteiger partial charge in [-0.05, 0) is 90.7 Å². The fraction of sp³-hybridized carbons (Fsp3) is 0.129. The molecule has 0 bridgehead atoms. The van der Waals surface area contributed by atoms with Gasteiger partial charge in [-0.15, -0.1) is 0 Å². The fourth-order valence-corrected chi connectivity index (χ4v) is 4.20. The monoisotopic (exact) mass is 538 g/mol. The molecule has 3 aromatic carbocycles. The number of nitrogens with zero attached hydrogens (tertiary/aromatic N) is 3. The Morgan fingerprint density at radius 3 is 2.45 bits per heavy atom. The van der Waals surface area contributed by atoms with Gasteiger partial charge in [0.15, 0.2) is 17.3 Å². The summed E-state index contributed by atoms with van der Waals surface area (Å²) >= 11 is 0. The number of carbonyl (C=O) groups is 1. The molecule has 0 radical (unpaired) electrons. The third-order valence-electron chi connectivity index (χ3n) is 6.24. The number of ether oxygens (including phenoxy) is 1. The van der Waals surface area contributed by atoms with E-state index in [0.717, 1.165) is 22.3 Å². The molecule has 0 atom stereocenters. The van der Waals surface area contributed by atoms with Crippen LogP contribution in [0.1, 0.15) is 32.6 Å². The number of nitrogens with one attached hydrogen (secondary N) is 1. The average molecular weight is 539 g/mol. The Bertz CT molecular complexity index is 1650. The highest BCUT2D eigenvalue weighted by molar-refractivity contribution is 6.11. The molecule has 1 aromatic heterocycles. The van der Waals surface area contributed by atoms with Crippen molar-refractivity contribution in [2.45, 2.75) is 13.8 Å². The lowest BCUT2D eigenvalue weighted by Crippen LogP contribution is -2.06. The molecular weight excluding hydrogens is 507 g/mol. The van der Waals surface area contributed by atoms with Gasteiger partial charge in [0.2, 0.25) is 0 Å². The van der Waals surface area contributed by atoms with Crippen LogP contribution in [-0.4, -0.2) is 40.8 Å². The second-order valence-corrected chi connectivity index (χ2v) is 9.52. The SMILES string of the molecule is Cc1cc(-n2ncc(C(=O)/C=C/c3cc(C)c(/C(C=N)=C/N(C)C)cc3N)c2N)ccc1Oc1ccccc1F. The molecule has 4 rings (SSSR count). The van der Waals surface area contributed by atoms with Crippen molar-refractivity contribution < 1.29 is 13.9 Å². The topological polar surface area (TPSA) is 123 Å². The minimum absolute atomic E-state index is 0.127. The summed E-state index contributed by atoms with van der Waals surface area (Å²) < 4.78 is 21.2. The maximum Gasteiger partial charge on any atom is 0.191 e. The maximum absolute atomic E-state index is 14.0. The van der Waals surface area contributed by atoms with Crippen LogP contribution in [-0.2, 0) is 0 Å². The van der Waals surface area contributed by atoms with E-state index in [1.165, 1.54) is 29.2 Å². The molecule has 0 unspecified atom stereocenters. The summed E-state index contributed by atoms with van der Waals surface area (Å²) in [5.74, 6) is 0.0168. The van der Waals surface area contributed by atoms with E-state index in [0.29, 0.717) is 22.7 Å². The minimum Gasteiger partial charge on any atom is -0.454 e. The summed E-state index contributed by atoms with van der Waals surface area (Å²) in [6.45, 7) is 3.75. The third-order valence-corrected chi connectivity index (χ3v) is 6.24. The first kappa shape index (κ1) is 27.8. The lowest BCUT2D eigenvalue weighted by Gasteiger charge is -2.13. The summed E-state index contributed by atoms with van der Waals surface area (Å²) in [5.41, 5.74) is 17.8. The Morgan fingerprint density at radius 2 is 1.77 bits per heavy atom. The number of hydrogen-bond acceptors (Lipinski definition) is 7. The van der Waals surface area contributed by atoms with E-state index >= 15 is 0 Å². The molecule has 0 spiro atoms. The zero-order valence-corrected chi connectivity index (χ0v) is 22.8. The molecule has 40 heavy (non-hydrogen) atoms. The van der Waals surface area contributed by atoms with E-state index in [4.69, 9.17) is 21.6 Å². The van der Waals surface area contributed by atoms with Crippen LogP contribution in [0.3, 0.4) is 0 Å². The number of aromatic nitrogens is 2. The molecule has 204 valence electrons. The van der Waals surface area contributed by atoms with Crippen LogP contribution < -0.4 is 16.2 Å². The number of nitrogens with two attached hydrogens (primary N) is 2. The number of rotatable bonds is 9. The molecule has 8 nitrogen and oxygen atoms in total. The van der Waals surface area contributed by atoms with Gasteiger partial charge in [-0.2, -0.15) is 5.10 Å². The molecular formula is C31H31FN6O2. The standard InChI is InChI=1S/C31H31FN6O2/c1-19-13-21(27(34)15-24(19)22(16-33)18-37(3)4)9-11-28(39)25-17-36-38(31(25)35)23-10-12-29(20(2)14-23)40-30-8-6-5-7-26(30)32/h5-18,33H,34-35H2,1-4H3/b11-9+,22-18+,33-16?. The molecule has 0 aliphatic carbocycles. The predicted octanol–water partition coefficient (Wildman–Crippen LogP) is 6.03. The van der Waals surface area contributed by atoms with Crippen molar-refractivity contribution in [3.63, 3.8) is 0 Å². The van der Waals surface area contributed by atoms with Gasteiger partial charge in [-0.3, -0.25) is 4.79 Å². The van der Waals surface area contributed by atoms with Crippen LogP contribution >= 0.6 is 0 Å². The van der Waals surface area contributed by atoms with Gasteiger partial charge in [-0.1, -0.05) is 12.1 Å². The number of anilines is 2. The van der Waals surface area contributed by atoms with Gasteiger partial charge in [0.05, 0.1) is 17.4 Å². The zero-order valence-electron chi connectivity index (χ0n) is 22.8. The molecule has 0 fully saturated rings. The second kappa shape index (κ2) is 11.7. The highest BCUT2D eigenvalue weighted by atomic mass is 19.1. The van der Waals surface area contributed by atoms with Gasteiger partial charge in [-0.25, -0.2) is 9.07 Å². The Morgan fingerprint density at radius 1 is 1.02 bits per heavy atom. The Kier molecular flexibility index (Phi) is 8.14. The van der Waals surface area contributed by atoms with E-state index in [1.807, 2.05) is 45.1 Å². The molecule has 0 amide bonds. The highest BCUT2D eigenvalue weighted by Gasteiger charge is 2.16. The molecule has 4 aromatic rings. The van der Waals surface area contributed by atoms with Gasteiger partial charge < -0.3 is 26.5 Å². The summed E-state index contributed by atoms with van der Waals surface area (Å²) in [7, 11) is 3.77. The molecule has 1 heterocycles. The van der Waals surface area contributed by atoms with Crippen molar-refractivity contribution in [1.82, 2.24) is 14.7 Å². The number of aryl methyl sites for hydroxylation is 2. The van der Waals surface area contributed by atoms with E-state index in [-0.39, 0.29) is 22.9 Å². The normalized spacial score (nSPS) is 11.6. The van der Waals surface area contributed by atoms with Crippen molar-refractivity contribution in [1.29, 1.82) is 5.41 Å². The molecule has 5 N–H and O–H groups in total. The first-order chi connectivity index (χ1) is 19.1. The van der Waals surface area contributed by atoms with Crippen molar-refractivity contribution >= 4 is 35.2 Å². The lowest BCUT2D eigenvalue weighted by molar-refractivity contribution is 0.104. The quantitative estimate of drug-likeness (QED) is 0.103. The van der Waals surface area contributed by atoms with Crippen LogP contribution in [0.2, 0.25) is 0 Å². The van der Waals surface area contributed by atoms with E-state index in [9.17, 15) is 9.18 Å². The van der Waals surface area contributed by atoms with Crippen molar-refractivity contribution in [2.75, 3.05) is 25.6 Å². The number of hydrogen-bond donors (Lipinski definition) is 3. The third kappa shape index (κ3) is 5.94. The number of halogens is 1. The average Bonchev–Trinajstić information content (AvgIpc) is 3.30. The summed E-state index contributed by atoms with van der Waals surface area (Å²) in [4.78, 5) is 14.9. The minimum atomic E-state index is -0.455. The van der Waals surface area contributed by atoms with Gasteiger partial charge in [0.1, 0.15) is 11.6 Å². The zero-order chi connectivity index (χ0) is 29.0. The van der Waals surface area contributed by atoms with E-state index < -0.39 is 5.82 Å².